The van der Waals surface area contributed by atoms with E-state index in [1.165, 1.54) is 0 Å². The molecule has 0 saturated carbocycles. The summed E-state index contributed by atoms with van der Waals surface area (Å²) in [6.45, 7) is 1.28. The fourth-order valence-corrected chi connectivity index (χ4v) is 3.20. The molecule has 1 fully saturated rings. The minimum atomic E-state index is -3.29. The second kappa shape index (κ2) is 4.93. The molecule has 1 unspecified atom stereocenters. The van der Waals surface area contributed by atoms with Crippen LogP contribution in [0.4, 0.5) is 5.69 Å². The average molecular weight is 256 g/mol. The van der Waals surface area contributed by atoms with E-state index in [4.69, 9.17) is 4.74 Å². The Kier molecular flexibility index (Phi) is 3.54. The Morgan fingerprint density at radius 2 is 2.06 bits per heavy atom. The number of anilines is 1. The van der Waals surface area contributed by atoms with Crippen molar-refractivity contribution in [3.05, 3.63) is 24.3 Å². The van der Waals surface area contributed by atoms with E-state index >= 15 is 0 Å². The molecule has 1 aromatic rings. The van der Waals surface area contributed by atoms with E-state index in [0.29, 0.717) is 24.4 Å². The summed E-state index contributed by atoms with van der Waals surface area (Å²) in [7, 11) is -1.71. The molecule has 1 aliphatic heterocycles. The second-order valence-corrected chi connectivity index (χ2v) is 5.95. The first-order valence-electron chi connectivity index (χ1n) is 5.48. The van der Waals surface area contributed by atoms with E-state index in [2.05, 4.69) is 10.0 Å². The normalized spacial score (nSPS) is 20.2. The van der Waals surface area contributed by atoms with Crippen molar-refractivity contribution >= 4 is 15.7 Å². The Bertz CT molecular complexity index is 464. The minimum Gasteiger partial charge on any atom is -0.497 e. The van der Waals surface area contributed by atoms with Crippen molar-refractivity contribution in [3.63, 3.8) is 0 Å². The number of sulfonamides is 1. The summed E-state index contributed by atoms with van der Waals surface area (Å²) in [6.07, 6.45) is 0.658. The third-order valence-corrected chi connectivity index (χ3v) is 4.60. The van der Waals surface area contributed by atoms with Crippen LogP contribution in [0.1, 0.15) is 6.42 Å². The van der Waals surface area contributed by atoms with E-state index < -0.39 is 10.0 Å². The van der Waals surface area contributed by atoms with E-state index in [-0.39, 0.29) is 5.25 Å². The number of benzene rings is 1. The van der Waals surface area contributed by atoms with Crippen molar-refractivity contribution < 1.29 is 13.2 Å². The molecule has 1 saturated heterocycles. The Morgan fingerprint density at radius 3 is 2.59 bits per heavy atom. The van der Waals surface area contributed by atoms with Gasteiger partial charge in [-0.25, -0.2) is 8.42 Å². The van der Waals surface area contributed by atoms with Gasteiger partial charge in [-0.3, -0.25) is 4.72 Å². The molecule has 0 aliphatic carbocycles. The smallest absolute Gasteiger partial charge is 0.236 e. The number of hydrogen-bond donors (Lipinski definition) is 2. The van der Waals surface area contributed by atoms with Gasteiger partial charge in [0.2, 0.25) is 10.0 Å². The highest BCUT2D eigenvalue weighted by Crippen LogP contribution is 2.18. The van der Waals surface area contributed by atoms with Crippen molar-refractivity contribution in [2.75, 3.05) is 24.9 Å². The van der Waals surface area contributed by atoms with Crippen molar-refractivity contribution in [1.82, 2.24) is 5.32 Å². The van der Waals surface area contributed by atoms with Gasteiger partial charge in [0.15, 0.2) is 0 Å². The van der Waals surface area contributed by atoms with Gasteiger partial charge in [-0.2, -0.15) is 0 Å². The van der Waals surface area contributed by atoms with Gasteiger partial charge >= 0.3 is 0 Å². The molecule has 2 rings (SSSR count). The zero-order valence-corrected chi connectivity index (χ0v) is 10.5. The Hall–Kier alpha value is -1.27. The number of ether oxygens (including phenoxy) is 1. The lowest BCUT2D eigenvalue weighted by Crippen LogP contribution is -2.29. The first-order chi connectivity index (χ1) is 8.12. The van der Waals surface area contributed by atoms with Gasteiger partial charge in [-0.1, -0.05) is 0 Å². The maximum absolute atomic E-state index is 12.0. The standard InChI is InChI=1S/C11H16N2O3S/c1-16-10-4-2-9(3-5-10)13-17(14,15)11-6-7-12-8-11/h2-5,11-13H,6-8H2,1H3. The van der Waals surface area contributed by atoms with Gasteiger partial charge in [0, 0.05) is 12.2 Å². The van der Waals surface area contributed by atoms with Crippen molar-refractivity contribution in [2.24, 2.45) is 0 Å². The molecule has 0 amide bonds. The van der Waals surface area contributed by atoms with Crippen LogP contribution < -0.4 is 14.8 Å². The minimum absolute atomic E-state index is 0.343. The number of hydrogen-bond acceptors (Lipinski definition) is 4. The lowest BCUT2D eigenvalue weighted by molar-refractivity contribution is 0.415. The van der Waals surface area contributed by atoms with E-state index in [1.807, 2.05) is 0 Å². The molecule has 1 aliphatic rings. The first-order valence-corrected chi connectivity index (χ1v) is 7.03. The third-order valence-electron chi connectivity index (χ3n) is 2.80. The van der Waals surface area contributed by atoms with Crippen LogP contribution in [-0.2, 0) is 10.0 Å². The topological polar surface area (TPSA) is 67.4 Å². The van der Waals surface area contributed by atoms with Gasteiger partial charge in [0.25, 0.3) is 0 Å². The highest BCUT2D eigenvalue weighted by Gasteiger charge is 2.28. The van der Waals surface area contributed by atoms with Crippen LogP contribution in [0.15, 0.2) is 24.3 Å². The number of nitrogens with one attached hydrogen (secondary N) is 2. The molecule has 1 atom stereocenters. The molecular weight excluding hydrogens is 240 g/mol. The van der Waals surface area contributed by atoms with Crippen LogP contribution in [-0.4, -0.2) is 33.9 Å². The fraction of sp³-hybridized carbons (Fsp3) is 0.455. The van der Waals surface area contributed by atoms with Gasteiger partial charge in [0.05, 0.1) is 12.4 Å². The molecule has 6 heteroatoms. The molecule has 0 radical (unpaired) electrons. The molecule has 1 heterocycles. The van der Waals surface area contributed by atoms with E-state index in [0.717, 1.165) is 6.54 Å². The van der Waals surface area contributed by atoms with Crippen molar-refractivity contribution in [3.8, 4) is 5.75 Å². The lowest BCUT2D eigenvalue weighted by Gasteiger charge is -2.13. The molecule has 0 spiro atoms. The van der Waals surface area contributed by atoms with Gasteiger partial charge in [-0.15, -0.1) is 0 Å². The Balaban J connectivity index is 2.08. The number of methoxy groups -OCH3 is 1. The predicted molar refractivity (Wildman–Crippen MR) is 66.8 cm³/mol. The first kappa shape index (κ1) is 12.2. The maximum atomic E-state index is 12.0. The molecule has 1 aromatic carbocycles. The molecule has 0 aromatic heterocycles. The van der Waals surface area contributed by atoms with E-state index in [1.54, 1.807) is 31.4 Å². The summed E-state index contributed by atoms with van der Waals surface area (Å²) in [6, 6.07) is 6.84. The molecule has 2 N–H and O–H groups in total. The molecular formula is C11H16N2O3S. The predicted octanol–water partition coefficient (Wildman–Crippen LogP) is 0.799. The summed E-state index contributed by atoms with van der Waals surface area (Å²) in [5, 5.41) is 2.70. The third kappa shape index (κ3) is 2.89. The molecule has 94 valence electrons. The molecule has 17 heavy (non-hydrogen) atoms. The van der Waals surface area contributed by atoms with Gasteiger partial charge in [0.1, 0.15) is 5.75 Å². The van der Waals surface area contributed by atoms with Crippen LogP contribution >= 0.6 is 0 Å². The lowest BCUT2D eigenvalue weighted by atomic mass is 10.3. The van der Waals surface area contributed by atoms with Gasteiger partial charge < -0.3 is 10.1 Å². The summed E-state index contributed by atoms with van der Waals surface area (Å²) >= 11 is 0. The van der Waals surface area contributed by atoms with Crippen LogP contribution in [0.2, 0.25) is 0 Å². The SMILES string of the molecule is COc1ccc(NS(=O)(=O)C2CCNC2)cc1. The van der Waals surface area contributed by atoms with Crippen LogP contribution in [0.5, 0.6) is 5.75 Å². The van der Waals surface area contributed by atoms with Crippen LogP contribution in [0.25, 0.3) is 0 Å². The van der Waals surface area contributed by atoms with Crippen molar-refractivity contribution in [2.45, 2.75) is 11.7 Å². The zero-order valence-electron chi connectivity index (χ0n) is 9.64. The van der Waals surface area contributed by atoms with Gasteiger partial charge in [-0.05, 0) is 37.2 Å². The van der Waals surface area contributed by atoms with Crippen LogP contribution in [0, 0.1) is 0 Å². The fourth-order valence-electron chi connectivity index (χ4n) is 1.80. The summed E-state index contributed by atoms with van der Waals surface area (Å²) < 4.78 is 31.5. The summed E-state index contributed by atoms with van der Waals surface area (Å²) in [5.74, 6) is 0.704. The monoisotopic (exact) mass is 256 g/mol. The average Bonchev–Trinajstić information content (AvgIpc) is 2.84. The Labute approximate surface area is 101 Å². The quantitative estimate of drug-likeness (QED) is 0.836. The largest absolute Gasteiger partial charge is 0.497 e. The van der Waals surface area contributed by atoms with Crippen LogP contribution in [0.3, 0.4) is 0 Å². The van der Waals surface area contributed by atoms with E-state index in [9.17, 15) is 8.42 Å². The zero-order chi connectivity index (χ0) is 12.3. The summed E-state index contributed by atoms with van der Waals surface area (Å²) in [5.41, 5.74) is 0.567. The molecule has 5 nitrogen and oxygen atoms in total. The highest BCUT2D eigenvalue weighted by atomic mass is 32.2. The second-order valence-electron chi connectivity index (χ2n) is 3.99. The summed E-state index contributed by atoms with van der Waals surface area (Å²) in [4.78, 5) is 0. The molecule has 0 bridgehead atoms. The number of rotatable bonds is 4. The Morgan fingerprint density at radius 1 is 1.35 bits per heavy atom. The highest BCUT2D eigenvalue weighted by molar-refractivity contribution is 7.93. The maximum Gasteiger partial charge on any atom is 0.236 e. The van der Waals surface area contributed by atoms with Crippen molar-refractivity contribution in [1.29, 1.82) is 0 Å².